The van der Waals surface area contributed by atoms with Gasteiger partial charge in [-0.15, -0.1) is 0 Å². The molecule has 0 unspecified atom stereocenters. The zero-order valence-electron chi connectivity index (χ0n) is 17.1. The number of carboxylic acid groups (broad SMARTS) is 1. The van der Waals surface area contributed by atoms with Crippen LogP contribution in [0.4, 0.5) is 0 Å². The largest absolute Gasteiger partial charge is 0.478 e. The smallest absolute Gasteiger partial charge is 0.328 e. The van der Waals surface area contributed by atoms with E-state index in [1.165, 1.54) is 41.2 Å². The van der Waals surface area contributed by atoms with Gasteiger partial charge in [-0.1, -0.05) is 64.5 Å². The molecule has 0 amide bonds. The van der Waals surface area contributed by atoms with Crippen molar-refractivity contribution in [1.82, 2.24) is 0 Å². The van der Waals surface area contributed by atoms with Gasteiger partial charge in [0, 0.05) is 6.08 Å². The van der Waals surface area contributed by atoms with Crippen LogP contribution in [0.3, 0.4) is 0 Å². The average molecular weight is 353 g/mol. The maximum atomic E-state index is 10.8. The van der Waals surface area contributed by atoms with E-state index in [9.17, 15) is 4.79 Å². The molecule has 2 nitrogen and oxygen atoms in total. The van der Waals surface area contributed by atoms with E-state index in [1.54, 1.807) is 0 Å². The summed E-state index contributed by atoms with van der Waals surface area (Å²) in [6.45, 7) is 13.7. The second-order valence-electron chi connectivity index (χ2n) is 9.97. The lowest BCUT2D eigenvalue weighted by Gasteiger charge is -2.45. The number of carbonyl (C=O) groups is 1. The summed E-state index contributed by atoms with van der Waals surface area (Å²) in [5.74, 6) is -0.874. The van der Waals surface area contributed by atoms with Crippen molar-refractivity contribution < 1.29 is 9.90 Å². The standard InChI is InChI=1S/C24H32O2/c1-16(12-21(25)26)11-17-14-24(6,15-17)18-7-8-19-20(13-18)23(4,5)10-9-22(19,2)3/h7-8,11-13H,9-10,14-15H2,1-6H3,(H,25,26)/b16-12+,17-11?. The highest BCUT2D eigenvalue weighted by Gasteiger charge is 2.41. The van der Waals surface area contributed by atoms with Gasteiger partial charge in [0.2, 0.25) is 0 Å². The average Bonchev–Trinajstić information content (AvgIpc) is 2.49. The van der Waals surface area contributed by atoms with Gasteiger partial charge in [-0.2, -0.15) is 0 Å². The lowest BCUT2D eigenvalue weighted by Crippen LogP contribution is -2.36. The third-order valence-corrected chi connectivity index (χ3v) is 6.57. The molecule has 1 fully saturated rings. The van der Waals surface area contributed by atoms with Gasteiger partial charge in [0.1, 0.15) is 0 Å². The Morgan fingerprint density at radius 1 is 1.00 bits per heavy atom. The van der Waals surface area contributed by atoms with Crippen LogP contribution in [0.1, 0.15) is 83.9 Å². The molecular formula is C24H32O2. The molecule has 0 saturated heterocycles. The first kappa shape index (κ1) is 18.9. The Hall–Kier alpha value is -1.83. The summed E-state index contributed by atoms with van der Waals surface area (Å²) in [4.78, 5) is 10.8. The number of aliphatic carboxylic acids is 1. The van der Waals surface area contributed by atoms with Gasteiger partial charge in [0.05, 0.1) is 0 Å². The van der Waals surface area contributed by atoms with Gasteiger partial charge < -0.3 is 5.11 Å². The highest BCUT2D eigenvalue weighted by Crippen LogP contribution is 2.51. The van der Waals surface area contributed by atoms with Crippen LogP contribution < -0.4 is 0 Å². The number of rotatable bonds is 3. The molecule has 1 saturated carbocycles. The molecule has 0 spiro atoms. The Balaban J connectivity index is 1.88. The molecule has 2 aliphatic carbocycles. The molecule has 1 aromatic rings. The minimum absolute atomic E-state index is 0.169. The highest BCUT2D eigenvalue weighted by molar-refractivity contribution is 5.81. The summed E-state index contributed by atoms with van der Waals surface area (Å²) in [6, 6.07) is 7.17. The number of hydrogen-bond acceptors (Lipinski definition) is 1. The minimum atomic E-state index is -0.874. The molecule has 26 heavy (non-hydrogen) atoms. The lowest BCUT2D eigenvalue weighted by molar-refractivity contribution is -0.131. The fourth-order valence-corrected chi connectivity index (χ4v) is 4.78. The SMILES string of the molecule is C/C(C=C1CC(C)(c2ccc3c(c2)C(C)(C)CCC3(C)C)C1)=C\C(=O)O. The molecule has 0 aromatic heterocycles. The third kappa shape index (κ3) is 3.39. The van der Waals surface area contributed by atoms with Crippen molar-refractivity contribution in [3.8, 4) is 0 Å². The number of carboxylic acids is 1. The van der Waals surface area contributed by atoms with Crippen LogP contribution in [0.5, 0.6) is 0 Å². The second-order valence-corrected chi connectivity index (χ2v) is 9.97. The van der Waals surface area contributed by atoms with Crippen molar-refractivity contribution in [3.63, 3.8) is 0 Å². The Bertz CT molecular complexity index is 797. The van der Waals surface area contributed by atoms with E-state index in [2.05, 4.69) is 52.8 Å². The van der Waals surface area contributed by atoms with E-state index in [0.29, 0.717) is 0 Å². The van der Waals surface area contributed by atoms with Crippen LogP contribution in [-0.2, 0) is 21.0 Å². The Kier molecular flexibility index (Phi) is 4.45. The monoisotopic (exact) mass is 352 g/mol. The van der Waals surface area contributed by atoms with Gasteiger partial charge in [-0.25, -0.2) is 4.79 Å². The van der Waals surface area contributed by atoms with E-state index in [4.69, 9.17) is 5.11 Å². The molecule has 3 rings (SSSR count). The predicted molar refractivity (Wildman–Crippen MR) is 108 cm³/mol. The number of hydrogen-bond donors (Lipinski definition) is 1. The summed E-state index contributed by atoms with van der Waals surface area (Å²) in [6.07, 6.45) is 7.83. The third-order valence-electron chi connectivity index (χ3n) is 6.57. The number of benzene rings is 1. The van der Waals surface area contributed by atoms with E-state index in [0.717, 1.165) is 18.4 Å². The zero-order chi connectivity index (χ0) is 19.3. The van der Waals surface area contributed by atoms with Crippen molar-refractivity contribution in [2.24, 2.45) is 0 Å². The molecule has 1 N–H and O–H groups in total. The van der Waals surface area contributed by atoms with Crippen LogP contribution in [0.25, 0.3) is 0 Å². The zero-order valence-corrected chi connectivity index (χ0v) is 17.1. The predicted octanol–water partition coefficient (Wildman–Crippen LogP) is 6.04. The summed E-state index contributed by atoms with van der Waals surface area (Å²) in [5, 5.41) is 8.87. The van der Waals surface area contributed by atoms with Crippen LogP contribution in [0.15, 0.2) is 41.5 Å². The summed E-state index contributed by atoms with van der Waals surface area (Å²) >= 11 is 0. The van der Waals surface area contributed by atoms with Crippen LogP contribution in [-0.4, -0.2) is 11.1 Å². The van der Waals surface area contributed by atoms with E-state index >= 15 is 0 Å². The molecule has 2 aliphatic rings. The summed E-state index contributed by atoms with van der Waals surface area (Å²) in [5.41, 5.74) is 7.29. The molecule has 0 aliphatic heterocycles. The van der Waals surface area contributed by atoms with Crippen LogP contribution in [0, 0.1) is 0 Å². The quantitative estimate of drug-likeness (QED) is 0.673. The maximum Gasteiger partial charge on any atom is 0.328 e. The highest BCUT2D eigenvalue weighted by atomic mass is 16.4. The molecule has 0 bridgehead atoms. The lowest BCUT2D eigenvalue weighted by atomic mass is 9.59. The van der Waals surface area contributed by atoms with Gasteiger partial charge in [0.25, 0.3) is 0 Å². The van der Waals surface area contributed by atoms with E-state index in [1.807, 2.05) is 13.0 Å². The fraction of sp³-hybridized carbons (Fsp3) is 0.542. The van der Waals surface area contributed by atoms with Crippen molar-refractivity contribution in [2.75, 3.05) is 0 Å². The molecule has 0 atom stereocenters. The van der Waals surface area contributed by atoms with E-state index in [-0.39, 0.29) is 16.2 Å². The van der Waals surface area contributed by atoms with Crippen molar-refractivity contribution in [3.05, 3.63) is 58.2 Å². The number of allylic oxidation sites excluding steroid dienone is 3. The summed E-state index contributed by atoms with van der Waals surface area (Å²) in [7, 11) is 0. The number of fused-ring (bicyclic) bond motifs is 1. The minimum Gasteiger partial charge on any atom is -0.478 e. The first-order valence-electron chi connectivity index (χ1n) is 9.69. The van der Waals surface area contributed by atoms with Gasteiger partial charge in [-0.05, 0) is 71.1 Å². The molecule has 2 heteroatoms. The van der Waals surface area contributed by atoms with Gasteiger partial charge in [-0.3, -0.25) is 0 Å². The first-order valence-corrected chi connectivity index (χ1v) is 9.69. The topological polar surface area (TPSA) is 37.3 Å². The molecule has 1 aromatic carbocycles. The normalized spacial score (nSPS) is 26.7. The molecule has 0 heterocycles. The van der Waals surface area contributed by atoms with Gasteiger partial charge in [0.15, 0.2) is 0 Å². The van der Waals surface area contributed by atoms with Gasteiger partial charge >= 0.3 is 5.97 Å². The molecular weight excluding hydrogens is 320 g/mol. The second kappa shape index (κ2) is 6.11. The molecule has 140 valence electrons. The maximum absolute atomic E-state index is 10.8. The Morgan fingerprint density at radius 3 is 2.15 bits per heavy atom. The summed E-state index contributed by atoms with van der Waals surface area (Å²) < 4.78 is 0. The van der Waals surface area contributed by atoms with E-state index < -0.39 is 5.97 Å². The van der Waals surface area contributed by atoms with Crippen molar-refractivity contribution >= 4 is 5.97 Å². The van der Waals surface area contributed by atoms with Crippen LogP contribution in [0.2, 0.25) is 0 Å². The van der Waals surface area contributed by atoms with Crippen LogP contribution >= 0.6 is 0 Å². The molecule has 0 radical (unpaired) electrons. The first-order chi connectivity index (χ1) is 11.9. The fourth-order valence-electron chi connectivity index (χ4n) is 4.78. The Labute approximate surface area is 158 Å². The van der Waals surface area contributed by atoms with Crippen molar-refractivity contribution in [2.45, 2.75) is 83.5 Å². The Morgan fingerprint density at radius 2 is 1.58 bits per heavy atom. The van der Waals surface area contributed by atoms with Crippen molar-refractivity contribution in [1.29, 1.82) is 0 Å².